The first-order chi connectivity index (χ1) is 20.3. The van der Waals surface area contributed by atoms with Crippen molar-refractivity contribution in [1.29, 1.82) is 0 Å². The molecule has 0 N–H and O–H groups in total. The lowest BCUT2D eigenvalue weighted by atomic mass is 10.0. The summed E-state index contributed by atoms with van der Waals surface area (Å²) in [6.07, 6.45) is 8.98. The monoisotopic (exact) mass is 528 g/mol. The van der Waals surface area contributed by atoms with Gasteiger partial charge in [0, 0.05) is 58.6 Å². The molecule has 0 atom stereocenters. The van der Waals surface area contributed by atoms with Crippen molar-refractivity contribution in [2.75, 3.05) is 0 Å². The fourth-order valence-corrected chi connectivity index (χ4v) is 5.09. The third-order valence-electron chi connectivity index (χ3n) is 7.06. The van der Waals surface area contributed by atoms with Crippen molar-refractivity contribution >= 4 is 27.6 Å². The number of para-hydroxylation sites is 1. The molecule has 41 heavy (non-hydrogen) atoms. The van der Waals surface area contributed by atoms with Gasteiger partial charge in [-0.2, -0.15) is 0 Å². The summed E-state index contributed by atoms with van der Waals surface area (Å²) in [6, 6.07) is 29.9. The molecule has 8 heteroatoms. The average Bonchev–Trinajstić information content (AvgIpc) is 3.45. The summed E-state index contributed by atoms with van der Waals surface area (Å²) in [5, 5.41) is 1.03. The van der Waals surface area contributed by atoms with Gasteiger partial charge in [-0.25, -0.2) is 24.9 Å². The highest BCUT2D eigenvalue weighted by Gasteiger charge is 2.17. The van der Waals surface area contributed by atoms with Gasteiger partial charge in [0.05, 0.1) is 16.7 Å². The van der Waals surface area contributed by atoms with Crippen LogP contribution >= 0.6 is 0 Å². The van der Waals surface area contributed by atoms with E-state index in [-0.39, 0.29) is 0 Å². The molecule has 0 aliphatic carbocycles. The van der Waals surface area contributed by atoms with E-state index in [1.807, 2.05) is 79.0 Å². The van der Waals surface area contributed by atoms with Crippen LogP contribution in [0.3, 0.4) is 0 Å². The third kappa shape index (κ3) is 3.97. The van der Waals surface area contributed by atoms with Crippen LogP contribution in [0.1, 0.15) is 0 Å². The summed E-state index contributed by atoms with van der Waals surface area (Å²) in [5.41, 5.74) is 8.09. The minimum Gasteiger partial charge on any atom is -0.298 e. The minimum atomic E-state index is 0.558. The van der Waals surface area contributed by atoms with Gasteiger partial charge in [0.2, 0.25) is 0 Å². The van der Waals surface area contributed by atoms with Crippen LogP contribution in [0.4, 0.5) is 0 Å². The fraction of sp³-hybridized carbons (Fsp3) is 0. The van der Waals surface area contributed by atoms with Gasteiger partial charge in [-0.3, -0.25) is 14.4 Å². The van der Waals surface area contributed by atoms with Crippen LogP contribution < -0.4 is 0 Å². The lowest BCUT2D eigenvalue weighted by Gasteiger charge is -2.10. The van der Waals surface area contributed by atoms with Crippen molar-refractivity contribution in [1.82, 2.24) is 39.3 Å². The topological polar surface area (TPSA) is 94.6 Å². The molecule has 8 aromatic rings. The van der Waals surface area contributed by atoms with Crippen molar-refractivity contribution in [3.63, 3.8) is 0 Å². The SMILES string of the molecule is c1cncc(-c2nc(-c3ccncc3)nc(-c3ccc(-c4nc5ccccc5c5nc6ccccn6c45)cc3)n2)c1. The number of rotatable bonds is 4. The molecule has 0 radical (unpaired) electrons. The van der Waals surface area contributed by atoms with Crippen molar-refractivity contribution in [2.24, 2.45) is 0 Å². The van der Waals surface area contributed by atoms with Crippen LogP contribution in [0.2, 0.25) is 0 Å². The number of nitrogens with zero attached hydrogens (tertiary/aromatic N) is 8. The maximum absolute atomic E-state index is 5.09. The number of benzene rings is 2. The Bertz CT molecular complexity index is 2130. The van der Waals surface area contributed by atoms with E-state index in [1.54, 1.807) is 24.8 Å². The smallest absolute Gasteiger partial charge is 0.165 e. The second kappa shape index (κ2) is 9.39. The maximum atomic E-state index is 5.09. The number of hydrogen-bond donors (Lipinski definition) is 0. The van der Waals surface area contributed by atoms with E-state index in [1.165, 1.54) is 0 Å². The molecular weight excluding hydrogens is 508 g/mol. The number of fused-ring (bicyclic) bond motifs is 5. The zero-order valence-corrected chi connectivity index (χ0v) is 21.6. The first kappa shape index (κ1) is 23.0. The standard InChI is InChI=1S/C33H20N8/c1-2-8-26-25(7-1)29-30(41-19-4-3-9-27(41)37-29)28(36-26)21-10-12-22(13-11-21)31-38-32(23-14-17-34-18-15-23)40-33(39-31)24-6-5-16-35-20-24/h1-20H. The summed E-state index contributed by atoms with van der Waals surface area (Å²) in [6.45, 7) is 0. The van der Waals surface area contributed by atoms with Gasteiger partial charge < -0.3 is 0 Å². The fourth-order valence-electron chi connectivity index (χ4n) is 5.09. The Morgan fingerprint density at radius 2 is 1.20 bits per heavy atom. The Balaban J connectivity index is 1.29. The Labute approximate surface area is 234 Å². The van der Waals surface area contributed by atoms with Crippen molar-refractivity contribution in [3.8, 4) is 45.4 Å². The highest BCUT2D eigenvalue weighted by Crippen LogP contribution is 2.34. The second-order valence-corrected chi connectivity index (χ2v) is 9.58. The molecule has 0 fully saturated rings. The molecule has 8 rings (SSSR count). The van der Waals surface area contributed by atoms with E-state index in [0.717, 1.165) is 55.5 Å². The third-order valence-corrected chi connectivity index (χ3v) is 7.06. The lowest BCUT2D eigenvalue weighted by molar-refractivity contribution is 1.07. The molecule has 0 spiro atoms. The first-order valence-electron chi connectivity index (χ1n) is 13.1. The second-order valence-electron chi connectivity index (χ2n) is 9.58. The van der Waals surface area contributed by atoms with Gasteiger partial charge in [0.15, 0.2) is 17.5 Å². The molecule has 192 valence electrons. The van der Waals surface area contributed by atoms with E-state index in [2.05, 4.69) is 32.6 Å². The number of hydrogen-bond acceptors (Lipinski definition) is 7. The molecule has 2 aromatic carbocycles. The van der Waals surface area contributed by atoms with Crippen molar-refractivity contribution in [2.45, 2.75) is 0 Å². The van der Waals surface area contributed by atoms with E-state index in [4.69, 9.17) is 24.9 Å². The van der Waals surface area contributed by atoms with E-state index < -0.39 is 0 Å². The zero-order chi connectivity index (χ0) is 27.2. The molecule has 6 heterocycles. The van der Waals surface area contributed by atoms with Gasteiger partial charge >= 0.3 is 0 Å². The van der Waals surface area contributed by atoms with Crippen LogP contribution in [0, 0.1) is 0 Å². The zero-order valence-electron chi connectivity index (χ0n) is 21.6. The first-order valence-corrected chi connectivity index (χ1v) is 13.1. The highest BCUT2D eigenvalue weighted by atomic mass is 15.0. The van der Waals surface area contributed by atoms with E-state index >= 15 is 0 Å². The van der Waals surface area contributed by atoms with Gasteiger partial charge in [0.1, 0.15) is 11.2 Å². The van der Waals surface area contributed by atoms with Crippen molar-refractivity contribution < 1.29 is 0 Å². The summed E-state index contributed by atoms with van der Waals surface area (Å²) in [4.78, 5) is 32.8. The molecule has 0 unspecified atom stereocenters. The van der Waals surface area contributed by atoms with Gasteiger partial charge in [-0.15, -0.1) is 0 Å². The summed E-state index contributed by atoms with van der Waals surface area (Å²) in [5.74, 6) is 1.70. The van der Waals surface area contributed by atoms with Crippen LogP contribution in [0.15, 0.2) is 122 Å². The molecule has 0 bridgehead atoms. The minimum absolute atomic E-state index is 0.558. The number of pyridine rings is 4. The Hall–Kier alpha value is -5.89. The predicted octanol–water partition coefficient (Wildman–Crippen LogP) is 6.68. The lowest BCUT2D eigenvalue weighted by Crippen LogP contribution is -2.00. The van der Waals surface area contributed by atoms with Crippen LogP contribution in [0.25, 0.3) is 73.0 Å². The Morgan fingerprint density at radius 1 is 0.488 bits per heavy atom. The summed E-state index contributed by atoms with van der Waals surface area (Å²) in [7, 11) is 0. The molecule has 8 nitrogen and oxygen atoms in total. The Kier molecular flexibility index (Phi) is 5.28. The molecular formula is C33H20N8. The van der Waals surface area contributed by atoms with Crippen LogP contribution in [-0.4, -0.2) is 39.3 Å². The molecule has 0 saturated carbocycles. The number of aromatic nitrogens is 8. The molecule has 0 aliphatic rings. The van der Waals surface area contributed by atoms with Gasteiger partial charge in [-0.05, 0) is 42.5 Å². The van der Waals surface area contributed by atoms with Gasteiger partial charge in [0.25, 0.3) is 0 Å². The van der Waals surface area contributed by atoms with Crippen LogP contribution in [-0.2, 0) is 0 Å². The quantitative estimate of drug-likeness (QED) is 0.251. The summed E-state index contributed by atoms with van der Waals surface area (Å²) < 4.78 is 2.10. The van der Waals surface area contributed by atoms with E-state index in [9.17, 15) is 0 Å². The van der Waals surface area contributed by atoms with Crippen LogP contribution in [0.5, 0.6) is 0 Å². The highest BCUT2D eigenvalue weighted by molar-refractivity contribution is 6.09. The normalized spacial score (nSPS) is 11.4. The van der Waals surface area contributed by atoms with Gasteiger partial charge in [-0.1, -0.05) is 48.5 Å². The molecule has 0 amide bonds. The summed E-state index contributed by atoms with van der Waals surface area (Å²) >= 11 is 0. The molecule has 0 saturated heterocycles. The largest absolute Gasteiger partial charge is 0.298 e. The maximum Gasteiger partial charge on any atom is 0.165 e. The average molecular weight is 529 g/mol. The predicted molar refractivity (Wildman–Crippen MR) is 159 cm³/mol. The van der Waals surface area contributed by atoms with Crippen molar-refractivity contribution in [3.05, 3.63) is 122 Å². The molecule has 6 aromatic heterocycles. The molecule has 0 aliphatic heterocycles. The van der Waals surface area contributed by atoms with E-state index in [0.29, 0.717) is 17.5 Å². The number of imidazole rings is 1. The Morgan fingerprint density at radius 3 is 1.98 bits per heavy atom.